The number of ether oxygens (including phenoxy) is 1. The third-order valence-corrected chi connectivity index (χ3v) is 6.00. The third-order valence-electron chi connectivity index (χ3n) is 4.08. The minimum atomic E-state index is -4.58. The minimum absolute atomic E-state index is 0.259. The average Bonchev–Trinajstić information content (AvgIpc) is 3.19. The van der Waals surface area contributed by atoms with E-state index in [1.165, 1.54) is 19.1 Å². The van der Waals surface area contributed by atoms with E-state index in [-0.39, 0.29) is 17.3 Å². The molecule has 0 fully saturated rings. The van der Waals surface area contributed by atoms with E-state index >= 15 is 0 Å². The molecule has 2 unspecified atom stereocenters. The summed E-state index contributed by atoms with van der Waals surface area (Å²) in [7, 11) is 0. The second-order valence-electron chi connectivity index (χ2n) is 6.85. The van der Waals surface area contributed by atoms with Crippen molar-refractivity contribution in [2.75, 3.05) is 13.2 Å². The first-order chi connectivity index (χ1) is 15.4. The molecule has 0 aliphatic heterocycles. The molecule has 15 heteroatoms. The zero-order chi connectivity index (χ0) is 24.8. The normalized spacial score (nSPS) is 15.7. The highest BCUT2D eigenvalue weighted by molar-refractivity contribution is 7.99. The number of nitrogens with zero attached hydrogens (tertiary/aromatic N) is 3. The molecule has 0 spiro atoms. The van der Waals surface area contributed by atoms with E-state index in [1.807, 2.05) is 0 Å². The highest BCUT2D eigenvalue weighted by Gasteiger charge is 2.30. The standard InChI is InChI=1S/C18H21Cl2F3N4O5S/c1-9(29)15(7-28)32-17(33-10-2-3-11(19)12(20)4-10)14(30)6-27-5-13(25-26-27)16(31)24-8-18(21,22)23/h2-5,9,14-15,17,28-30H,6-8H2,1H3,(H,24,31)/t9-,14+,15?,17?/m1/s1. The fourth-order valence-corrected chi connectivity index (χ4v) is 3.81. The quantitative estimate of drug-likeness (QED) is 0.256. The second-order valence-corrected chi connectivity index (χ2v) is 8.84. The summed E-state index contributed by atoms with van der Waals surface area (Å²) in [4.78, 5) is 12.3. The van der Waals surface area contributed by atoms with Gasteiger partial charge in [-0.05, 0) is 25.1 Å². The van der Waals surface area contributed by atoms with Crippen LogP contribution in [-0.2, 0) is 11.3 Å². The van der Waals surface area contributed by atoms with Crippen LogP contribution in [-0.4, -0.2) is 79.3 Å². The van der Waals surface area contributed by atoms with Crippen LogP contribution in [0.2, 0.25) is 10.0 Å². The molecule has 0 saturated carbocycles. The fraction of sp³-hybridized carbons (Fsp3) is 0.500. The highest BCUT2D eigenvalue weighted by atomic mass is 35.5. The number of aromatic nitrogens is 3. The Kier molecular flexibility index (Phi) is 10.2. The lowest BCUT2D eigenvalue weighted by Gasteiger charge is -2.28. The Bertz CT molecular complexity index is 935. The number of rotatable bonds is 11. The Morgan fingerprint density at radius 1 is 1.30 bits per heavy atom. The largest absolute Gasteiger partial charge is 0.405 e. The molecular weight excluding hydrogens is 512 g/mol. The van der Waals surface area contributed by atoms with Crippen molar-refractivity contribution in [3.05, 3.63) is 40.1 Å². The number of halogens is 5. The van der Waals surface area contributed by atoms with Crippen LogP contribution >= 0.6 is 35.0 Å². The number of thioether (sulfide) groups is 1. The number of benzene rings is 1. The molecule has 4 atom stereocenters. The molecule has 0 aliphatic carbocycles. The van der Waals surface area contributed by atoms with E-state index in [1.54, 1.807) is 11.4 Å². The van der Waals surface area contributed by atoms with Gasteiger partial charge in [0.25, 0.3) is 5.91 Å². The molecule has 4 N–H and O–H groups in total. The summed E-state index contributed by atoms with van der Waals surface area (Å²) < 4.78 is 43.5. The molecular formula is C18H21Cl2F3N4O5S. The summed E-state index contributed by atoms with van der Waals surface area (Å²) in [6.07, 6.45) is -6.92. The van der Waals surface area contributed by atoms with E-state index in [0.717, 1.165) is 22.6 Å². The van der Waals surface area contributed by atoms with Gasteiger partial charge in [-0.1, -0.05) is 40.2 Å². The maximum absolute atomic E-state index is 12.3. The van der Waals surface area contributed by atoms with Gasteiger partial charge in [0.1, 0.15) is 24.2 Å². The SMILES string of the molecule is C[C@@H](O)C(CO)OC(Sc1ccc(Cl)c(Cl)c1)[C@@H](O)Cn1cc(C(=O)NCC(F)(F)F)nn1. The maximum Gasteiger partial charge on any atom is 0.405 e. The molecule has 0 bridgehead atoms. The number of amides is 1. The van der Waals surface area contributed by atoms with Gasteiger partial charge < -0.3 is 25.4 Å². The first kappa shape index (κ1) is 27.6. The molecule has 0 saturated heterocycles. The summed E-state index contributed by atoms with van der Waals surface area (Å²) in [5.74, 6) is -1.08. The molecule has 1 aromatic heterocycles. The van der Waals surface area contributed by atoms with Gasteiger partial charge in [-0.2, -0.15) is 13.2 Å². The zero-order valence-electron chi connectivity index (χ0n) is 17.0. The Morgan fingerprint density at radius 3 is 2.58 bits per heavy atom. The topological polar surface area (TPSA) is 130 Å². The third kappa shape index (κ3) is 8.92. The van der Waals surface area contributed by atoms with Gasteiger partial charge in [-0.3, -0.25) is 4.79 Å². The van der Waals surface area contributed by atoms with Crippen LogP contribution in [0.3, 0.4) is 0 Å². The number of carbonyl (C=O) groups excluding carboxylic acids is 1. The summed E-state index contributed by atoms with van der Waals surface area (Å²) in [6, 6.07) is 4.69. The van der Waals surface area contributed by atoms with Crippen LogP contribution in [0.5, 0.6) is 0 Å². The molecule has 0 radical (unpaired) electrons. The van der Waals surface area contributed by atoms with Crippen molar-refractivity contribution in [2.24, 2.45) is 0 Å². The maximum atomic E-state index is 12.3. The molecule has 9 nitrogen and oxygen atoms in total. The van der Waals surface area contributed by atoms with Crippen LogP contribution in [0.4, 0.5) is 13.2 Å². The van der Waals surface area contributed by atoms with Crippen molar-refractivity contribution in [1.29, 1.82) is 0 Å². The van der Waals surface area contributed by atoms with Gasteiger partial charge in [0.15, 0.2) is 5.69 Å². The molecule has 2 aromatic rings. The minimum Gasteiger partial charge on any atom is -0.394 e. The highest BCUT2D eigenvalue weighted by Crippen LogP contribution is 2.33. The van der Waals surface area contributed by atoms with Crippen molar-refractivity contribution in [3.63, 3.8) is 0 Å². The van der Waals surface area contributed by atoms with Crippen molar-refractivity contribution in [3.8, 4) is 0 Å². The molecule has 1 heterocycles. The summed E-state index contributed by atoms with van der Waals surface area (Å²) in [5.41, 5.74) is -1.43. The number of nitrogens with one attached hydrogen (secondary N) is 1. The van der Waals surface area contributed by atoms with Gasteiger partial charge >= 0.3 is 6.18 Å². The van der Waals surface area contributed by atoms with E-state index in [9.17, 15) is 33.3 Å². The number of alkyl halides is 3. The lowest BCUT2D eigenvalue weighted by Crippen LogP contribution is -2.39. The molecule has 33 heavy (non-hydrogen) atoms. The zero-order valence-corrected chi connectivity index (χ0v) is 19.4. The van der Waals surface area contributed by atoms with E-state index < -0.39 is 49.0 Å². The molecule has 1 aromatic carbocycles. The van der Waals surface area contributed by atoms with Gasteiger partial charge in [0.2, 0.25) is 0 Å². The number of carbonyl (C=O) groups is 1. The summed E-state index contributed by atoms with van der Waals surface area (Å²) >= 11 is 12.9. The Hall–Kier alpha value is -1.61. The Balaban J connectivity index is 2.13. The number of hydrogen-bond donors (Lipinski definition) is 4. The number of aliphatic hydroxyl groups is 3. The average molecular weight is 533 g/mol. The van der Waals surface area contributed by atoms with Gasteiger partial charge in [-0.15, -0.1) is 5.10 Å². The van der Waals surface area contributed by atoms with Gasteiger partial charge in [-0.25, -0.2) is 4.68 Å². The van der Waals surface area contributed by atoms with Gasteiger partial charge in [0, 0.05) is 4.90 Å². The van der Waals surface area contributed by atoms with E-state index in [2.05, 4.69) is 10.3 Å². The first-order valence-electron chi connectivity index (χ1n) is 9.39. The van der Waals surface area contributed by atoms with E-state index in [0.29, 0.717) is 9.92 Å². The van der Waals surface area contributed by atoms with Crippen LogP contribution in [0.15, 0.2) is 29.3 Å². The van der Waals surface area contributed by atoms with Gasteiger partial charge in [0.05, 0.1) is 35.5 Å². The monoisotopic (exact) mass is 532 g/mol. The van der Waals surface area contributed by atoms with Crippen LogP contribution < -0.4 is 5.32 Å². The molecule has 1 amide bonds. The van der Waals surface area contributed by atoms with E-state index in [4.69, 9.17) is 27.9 Å². The predicted molar refractivity (Wildman–Crippen MR) is 114 cm³/mol. The van der Waals surface area contributed by atoms with Crippen LogP contribution in [0, 0.1) is 0 Å². The van der Waals surface area contributed by atoms with Crippen molar-refractivity contribution in [2.45, 2.75) is 48.3 Å². The second kappa shape index (κ2) is 12.2. The molecule has 184 valence electrons. The Labute approximate surface area is 200 Å². The summed E-state index contributed by atoms with van der Waals surface area (Å²) in [6.45, 7) is -0.928. The smallest absolute Gasteiger partial charge is 0.394 e. The first-order valence-corrected chi connectivity index (χ1v) is 11.0. The summed E-state index contributed by atoms with van der Waals surface area (Å²) in [5, 5.41) is 39.4. The van der Waals surface area contributed by atoms with Crippen molar-refractivity contribution in [1.82, 2.24) is 20.3 Å². The molecule has 2 rings (SSSR count). The van der Waals surface area contributed by atoms with Crippen molar-refractivity contribution >= 4 is 40.9 Å². The number of hydrogen-bond acceptors (Lipinski definition) is 8. The Morgan fingerprint density at radius 2 is 2.00 bits per heavy atom. The van der Waals surface area contributed by atoms with Crippen molar-refractivity contribution < 1.29 is 38.0 Å². The fourth-order valence-electron chi connectivity index (χ4n) is 2.40. The van der Waals surface area contributed by atoms with Crippen LogP contribution in [0.25, 0.3) is 0 Å². The predicted octanol–water partition coefficient (Wildman–Crippen LogP) is 2.11. The number of aliphatic hydroxyl groups excluding tert-OH is 3. The lowest BCUT2D eigenvalue weighted by molar-refractivity contribution is -0.123. The van der Waals surface area contributed by atoms with Crippen LogP contribution in [0.1, 0.15) is 17.4 Å². The molecule has 0 aliphatic rings. The lowest BCUT2D eigenvalue weighted by atomic mass is 10.2.